The molecule has 1 heterocycles. The molecule has 19 heavy (non-hydrogen) atoms. The molecule has 5 nitrogen and oxygen atoms in total. The van der Waals surface area contributed by atoms with Gasteiger partial charge < -0.3 is 9.80 Å². The number of nitrogens with zero attached hydrogens (tertiary/aromatic N) is 3. The van der Waals surface area contributed by atoms with Gasteiger partial charge in [0.05, 0.1) is 5.56 Å². The van der Waals surface area contributed by atoms with Gasteiger partial charge in [0.25, 0.3) is 5.91 Å². The van der Waals surface area contributed by atoms with Gasteiger partial charge >= 0.3 is 0 Å². The summed E-state index contributed by atoms with van der Waals surface area (Å²) < 4.78 is 0.744. The lowest BCUT2D eigenvalue weighted by Gasteiger charge is -2.23. The van der Waals surface area contributed by atoms with Crippen LogP contribution in [-0.4, -0.2) is 53.8 Å². The first kappa shape index (κ1) is 15.6. The maximum Gasteiger partial charge on any atom is 0.255 e. The van der Waals surface area contributed by atoms with Gasteiger partial charge in [0.15, 0.2) is 0 Å². The molecule has 1 aromatic rings. The molecule has 104 valence electrons. The van der Waals surface area contributed by atoms with Gasteiger partial charge in [-0.15, -0.1) is 0 Å². The fourth-order valence-electron chi connectivity index (χ4n) is 1.54. The Morgan fingerprint density at radius 3 is 2.53 bits per heavy atom. The normalized spacial score (nSPS) is 10.1. The predicted molar refractivity (Wildman–Crippen MR) is 76.8 cm³/mol. The number of hydrogen-bond acceptors (Lipinski definition) is 3. The van der Waals surface area contributed by atoms with E-state index in [0.717, 1.165) is 10.9 Å². The molecule has 6 heteroatoms. The number of amides is 2. The van der Waals surface area contributed by atoms with Crippen LogP contribution in [-0.2, 0) is 4.79 Å². The molecule has 0 aromatic carbocycles. The Hall–Kier alpha value is -1.43. The lowest BCUT2D eigenvalue weighted by Crippen LogP contribution is -2.40. The molecule has 0 saturated carbocycles. The minimum absolute atomic E-state index is 0.0895. The average molecular weight is 328 g/mol. The highest BCUT2D eigenvalue weighted by molar-refractivity contribution is 9.10. The highest BCUT2D eigenvalue weighted by Crippen LogP contribution is 2.12. The van der Waals surface area contributed by atoms with Gasteiger partial charge in [0.2, 0.25) is 5.91 Å². The van der Waals surface area contributed by atoms with Crippen molar-refractivity contribution in [3.63, 3.8) is 0 Å². The molecular formula is C13H18BrN3O2. The van der Waals surface area contributed by atoms with Gasteiger partial charge in [0, 0.05) is 37.5 Å². The van der Waals surface area contributed by atoms with E-state index in [1.807, 2.05) is 6.92 Å². The molecule has 0 aliphatic carbocycles. The van der Waals surface area contributed by atoms with E-state index in [1.54, 1.807) is 31.3 Å². The molecule has 0 aliphatic heterocycles. The third-order valence-electron chi connectivity index (χ3n) is 2.56. The summed E-state index contributed by atoms with van der Waals surface area (Å²) in [5.41, 5.74) is 0.481. The number of carbonyl (C=O) groups is 2. The number of carbonyl (C=O) groups excluding carboxylic acids is 2. The zero-order valence-corrected chi connectivity index (χ0v) is 13.0. The number of likely N-dealkylation sites (N-methyl/N-ethyl adjacent to an activating group) is 1. The smallest absolute Gasteiger partial charge is 0.255 e. The van der Waals surface area contributed by atoms with Gasteiger partial charge in [-0.1, -0.05) is 6.92 Å². The topological polar surface area (TPSA) is 53.5 Å². The summed E-state index contributed by atoms with van der Waals surface area (Å²) in [5, 5.41) is 0. The first-order valence-corrected chi connectivity index (χ1v) is 6.85. The Kier molecular flexibility index (Phi) is 5.95. The zero-order valence-electron chi connectivity index (χ0n) is 11.4. The van der Waals surface area contributed by atoms with E-state index in [9.17, 15) is 9.59 Å². The summed E-state index contributed by atoms with van der Waals surface area (Å²) >= 11 is 3.28. The van der Waals surface area contributed by atoms with E-state index in [2.05, 4.69) is 20.9 Å². The Morgan fingerprint density at radius 1 is 1.32 bits per heavy atom. The lowest BCUT2D eigenvalue weighted by atomic mass is 10.2. The fourth-order valence-corrected chi connectivity index (χ4v) is 1.90. The maximum absolute atomic E-state index is 12.3. The van der Waals surface area contributed by atoms with Gasteiger partial charge in [-0.3, -0.25) is 14.6 Å². The van der Waals surface area contributed by atoms with Gasteiger partial charge in [0.1, 0.15) is 6.54 Å². The fraction of sp³-hybridized carbons (Fsp3) is 0.462. The largest absolute Gasteiger partial charge is 0.347 e. The van der Waals surface area contributed by atoms with E-state index in [1.165, 1.54) is 11.1 Å². The van der Waals surface area contributed by atoms with Crippen LogP contribution in [0.1, 0.15) is 23.7 Å². The van der Waals surface area contributed by atoms with Gasteiger partial charge in [-0.2, -0.15) is 0 Å². The van der Waals surface area contributed by atoms with E-state index < -0.39 is 0 Å². The molecule has 0 bridgehead atoms. The van der Waals surface area contributed by atoms with Crippen LogP contribution < -0.4 is 0 Å². The zero-order chi connectivity index (χ0) is 14.4. The van der Waals surface area contributed by atoms with E-state index in [-0.39, 0.29) is 18.4 Å². The van der Waals surface area contributed by atoms with Crippen molar-refractivity contribution in [2.24, 2.45) is 0 Å². The van der Waals surface area contributed by atoms with Crippen molar-refractivity contribution in [2.75, 3.05) is 27.2 Å². The predicted octanol–water partition coefficient (Wildman–Crippen LogP) is 1.78. The number of aromatic nitrogens is 1. The maximum atomic E-state index is 12.3. The van der Waals surface area contributed by atoms with Crippen LogP contribution >= 0.6 is 15.9 Å². The monoisotopic (exact) mass is 327 g/mol. The van der Waals surface area contributed by atoms with Crippen LogP contribution in [0.25, 0.3) is 0 Å². The number of pyridine rings is 1. The molecule has 0 aliphatic rings. The van der Waals surface area contributed by atoms with Crippen LogP contribution in [0.5, 0.6) is 0 Å². The van der Waals surface area contributed by atoms with Crippen molar-refractivity contribution in [1.29, 1.82) is 0 Å². The molecule has 1 rings (SSSR count). The van der Waals surface area contributed by atoms with E-state index >= 15 is 0 Å². The molecule has 1 aromatic heterocycles. The van der Waals surface area contributed by atoms with Crippen molar-refractivity contribution in [3.05, 3.63) is 28.5 Å². The van der Waals surface area contributed by atoms with Crippen LogP contribution in [0.15, 0.2) is 22.9 Å². The van der Waals surface area contributed by atoms with E-state index in [0.29, 0.717) is 12.1 Å². The second kappa shape index (κ2) is 7.23. The Labute approximate surface area is 121 Å². The third-order valence-corrected chi connectivity index (χ3v) is 2.99. The van der Waals surface area contributed by atoms with Crippen molar-refractivity contribution in [1.82, 2.24) is 14.8 Å². The minimum Gasteiger partial charge on any atom is -0.347 e. The van der Waals surface area contributed by atoms with Gasteiger partial charge in [-0.25, -0.2) is 0 Å². The quantitative estimate of drug-likeness (QED) is 0.828. The summed E-state index contributed by atoms with van der Waals surface area (Å²) in [6.07, 6.45) is 3.93. The molecule has 0 spiro atoms. The first-order valence-electron chi connectivity index (χ1n) is 6.05. The Morgan fingerprint density at radius 2 is 2.00 bits per heavy atom. The Balaban J connectivity index is 2.86. The molecule has 0 radical (unpaired) electrons. The SMILES string of the molecule is CCCN(CC(=O)N(C)C)C(=O)c1cncc(Br)c1. The summed E-state index contributed by atoms with van der Waals surface area (Å²) in [6.45, 7) is 2.61. The standard InChI is InChI=1S/C13H18BrN3O2/c1-4-5-17(9-12(18)16(2)3)13(19)10-6-11(14)8-15-7-10/h6-8H,4-5,9H2,1-3H3. The summed E-state index contributed by atoms with van der Waals surface area (Å²) in [7, 11) is 3.36. The summed E-state index contributed by atoms with van der Waals surface area (Å²) in [4.78, 5) is 31.1. The Bertz CT molecular complexity index is 463. The molecule has 0 unspecified atom stereocenters. The first-order chi connectivity index (χ1) is 8.95. The molecule has 2 amide bonds. The minimum atomic E-state index is -0.175. The second-order valence-corrected chi connectivity index (χ2v) is 5.32. The van der Waals surface area contributed by atoms with Crippen molar-refractivity contribution < 1.29 is 9.59 Å². The highest BCUT2D eigenvalue weighted by atomic mass is 79.9. The molecule has 0 atom stereocenters. The highest BCUT2D eigenvalue weighted by Gasteiger charge is 2.19. The van der Waals surface area contributed by atoms with Gasteiger partial charge in [-0.05, 0) is 28.4 Å². The van der Waals surface area contributed by atoms with E-state index in [4.69, 9.17) is 0 Å². The number of hydrogen-bond donors (Lipinski definition) is 0. The molecule has 0 N–H and O–H groups in total. The van der Waals surface area contributed by atoms with Crippen molar-refractivity contribution in [3.8, 4) is 0 Å². The molecular weight excluding hydrogens is 310 g/mol. The van der Waals surface area contributed by atoms with Crippen molar-refractivity contribution >= 4 is 27.7 Å². The molecule has 0 fully saturated rings. The van der Waals surface area contributed by atoms with Crippen LogP contribution in [0, 0.1) is 0 Å². The second-order valence-electron chi connectivity index (χ2n) is 4.41. The van der Waals surface area contributed by atoms with Crippen LogP contribution in [0.2, 0.25) is 0 Å². The average Bonchev–Trinajstić information content (AvgIpc) is 2.37. The summed E-state index contributed by atoms with van der Waals surface area (Å²) in [5.74, 6) is -0.268. The lowest BCUT2D eigenvalue weighted by molar-refractivity contribution is -0.129. The van der Waals surface area contributed by atoms with Crippen LogP contribution in [0.3, 0.4) is 0 Å². The van der Waals surface area contributed by atoms with Crippen molar-refractivity contribution in [2.45, 2.75) is 13.3 Å². The third kappa shape index (κ3) is 4.63. The van der Waals surface area contributed by atoms with Crippen LogP contribution in [0.4, 0.5) is 0 Å². The molecule has 0 saturated heterocycles. The number of halogens is 1. The number of rotatable bonds is 5. The summed E-state index contributed by atoms with van der Waals surface area (Å²) in [6, 6.07) is 1.71.